The Balaban J connectivity index is 2.03. The van der Waals surface area contributed by atoms with Crippen LogP contribution in [0.3, 0.4) is 0 Å². The van der Waals surface area contributed by atoms with Crippen LogP contribution in [-0.2, 0) is 16.1 Å². The third kappa shape index (κ3) is 8.79. The number of hydrogen-bond donors (Lipinski definition) is 1. The van der Waals surface area contributed by atoms with Gasteiger partial charge in [0.05, 0.1) is 13.7 Å². The number of methoxy groups -OCH3 is 1. The minimum absolute atomic E-state index is 0.0404. The lowest BCUT2D eigenvalue weighted by atomic mass is 10.1. The highest BCUT2D eigenvalue weighted by atomic mass is 16.5. The molecule has 2 amide bonds. The summed E-state index contributed by atoms with van der Waals surface area (Å²) in [7, 11) is 1.62. The molecule has 1 unspecified atom stereocenters. The average molecular weight is 455 g/mol. The summed E-state index contributed by atoms with van der Waals surface area (Å²) < 4.78 is 10.9. The third-order valence-electron chi connectivity index (χ3n) is 5.37. The summed E-state index contributed by atoms with van der Waals surface area (Å²) in [5.41, 5.74) is 2.15. The number of nitrogens with one attached hydrogen (secondary N) is 1. The predicted octanol–water partition coefficient (Wildman–Crippen LogP) is 4.74. The number of ether oxygens (including phenoxy) is 2. The SMILES string of the molecule is CCC(C(=O)NCC(C)C)N(Cc1cccc(C)c1)C(=O)CCCOc1ccc(OC)cc1. The van der Waals surface area contributed by atoms with Crippen LogP contribution in [0.15, 0.2) is 48.5 Å². The van der Waals surface area contributed by atoms with E-state index in [1.165, 1.54) is 0 Å². The minimum Gasteiger partial charge on any atom is -0.497 e. The van der Waals surface area contributed by atoms with E-state index in [9.17, 15) is 9.59 Å². The van der Waals surface area contributed by atoms with Crippen molar-refractivity contribution >= 4 is 11.8 Å². The van der Waals surface area contributed by atoms with Gasteiger partial charge in [0.25, 0.3) is 0 Å². The number of benzene rings is 2. The number of nitrogens with zero attached hydrogens (tertiary/aromatic N) is 1. The molecule has 2 aromatic carbocycles. The van der Waals surface area contributed by atoms with Crippen LogP contribution in [0.25, 0.3) is 0 Å². The van der Waals surface area contributed by atoms with Gasteiger partial charge in [-0.05, 0) is 55.5 Å². The zero-order chi connectivity index (χ0) is 24.2. The highest BCUT2D eigenvalue weighted by Crippen LogP contribution is 2.18. The molecule has 0 aliphatic heterocycles. The van der Waals surface area contributed by atoms with E-state index in [0.29, 0.717) is 44.9 Å². The summed E-state index contributed by atoms with van der Waals surface area (Å²) in [4.78, 5) is 27.9. The van der Waals surface area contributed by atoms with Gasteiger partial charge in [-0.15, -0.1) is 0 Å². The van der Waals surface area contributed by atoms with Gasteiger partial charge in [0.15, 0.2) is 0 Å². The normalized spacial score (nSPS) is 11.7. The molecule has 0 bridgehead atoms. The van der Waals surface area contributed by atoms with Crippen molar-refractivity contribution in [1.82, 2.24) is 10.2 Å². The zero-order valence-electron chi connectivity index (χ0n) is 20.6. The number of rotatable bonds is 13. The molecule has 0 spiro atoms. The molecule has 0 aliphatic rings. The van der Waals surface area contributed by atoms with Crippen LogP contribution in [0, 0.1) is 12.8 Å². The van der Waals surface area contributed by atoms with Gasteiger partial charge in [0, 0.05) is 19.5 Å². The minimum atomic E-state index is -0.501. The predicted molar refractivity (Wildman–Crippen MR) is 131 cm³/mol. The first-order valence-electron chi connectivity index (χ1n) is 11.7. The Kier molecular flexibility index (Phi) is 10.7. The second-order valence-corrected chi connectivity index (χ2v) is 8.70. The average Bonchev–Trinajstić information content (AvgIpc) is 2.80. The van der Waals surface area contributed by atoms with Crippen molar-refractivity contribution in [2.24, 2.45) is 5.92 Å². The smallest absolute Gasteiger partial charge is 0.242 e. The number of aryl methyl sites for hydroxylation is 1. The molecule has 33 heavy (non-hydrogen) atoms. The molecule has 0 aliphatic carbocycles. The van der Waals surface area contributed by atoms with Gasteiger partial charge in [-0.2, -0.15) is 0 Å². The summed E-state index contributed by atoms with van der Waals surface area (Å²) >= 11 is 0. The van der Waals surface area contributed by atoms with Crippen molar-refractivity contribution in [3.8, 4) is 11.5 Å². The monoisotopic (exact) mass is 454 g/mol. The largest absolute Gasteiger partial charge is 0.497 e. The Morgan fingerprint density at radius 3 is 2.36 bits per heavy atom. The van der Waals surface area contributed by atoms with Crippen molar-refractivity contribution in [1.29, 1.82) is 0 Å². The number of amides is 2. The van der Waals surface area contributed by atoms with Gasteiger partial charge in [-0.25, -0.2) is 0 Å². The highest BCUT2D eigenvalue weighted by molar-refractivity contribution is 5.87. The van der Waals surface area contributed by atoms with E-state index in [1.54, 1.807) is 12.0 Å². The lowest BCUT2D eigenvalue weighted by molar-refractivity contribution is -0.141. The molecule has 0 fully saturated rings. The lowest BCUT2D eigenvalue weighted by Gasteiger charge is -2.31. The molecule has 0 saturated heterocycles. The fourth-order valence-corrected chi connectivity index (χ4v) is 3.58. The van der Waals surface area contributed by atoms with Gasteiger partial charge >= 0.3 is 0 Å². The quantitative estimate of drug-likeness (QED) is 0.444. The van der Waals surface area contributed by atoms with Crippen LogP contribution in [0.5, 0.6) is 11.5 Å². The van der Waals surface area contributed by atoms with E-state index in [1.807, 2.05) is 56.3 Å². The molecular weight excluding hydrogens is 416 g/mol. The summed E-state index contributed by atoms with van der Waals surface area (Å²) in [6.45, 7) is 9.51. The van der Waals surface area contributed by atoms with Crippen LogP contribution in [0.1, 0.15) is 51.2 Å². The Morgan fingerprint density at radius 2 is 1.76 bits per heavy atom. The number of hydrogen-bond acceptors (Lipinski definition) is 4. The highest BCUT2D eigenvalue weighted by Gasteiger charge is 2.28. The van der Waals surface area contributed by atoms with Crippen molar-refractivity contribution in [2.45, 2.75) is 59.5 Å². The second-order valence-electron chi connectivity index (χ2n) is 8.70. The number of carbonyl (C=O) groups excluding carboxylic acids is 2. The van der Waals surface area contributed by atoms with E-state index in [4.69, 9.17) is 9.47 Å². The van der Waals surface area contributed by atoms with Gasteiger partial charge in [-0.3, -0.25) is 9.59 Å². The first-order valence-corrected chi connectivity index (χ1v) is 11.7. The van der Waals surface area contributed by atoms with E-state index in [2.05, 4.69) is 25.2 Å². The Labute approximate surface area is 198 Å². The van der Waals surface area contributed by atoms with Crippen LogP contribution in [0.2, 0.25) is 0 Å². The Hall–Kier alpha value is -3.02. The van der Waals surface area contributed by atoms with E-state index < -0.39 is 6.04 Å². The fourth-order valence-electron chi connectivity index (χ4n) is 3.58. The van der Waals surface area contributed by atoms with Crippen LogP contribution in [-0.4, -0.2) is 43.0 Å². The molecule has 2 aromatic rings. The standard InChI is InChI=1S/C27H38N2O4/c1-6-25(27(31)28-18-20(2)3)29(19-22-10-7-9-21(4)17-22)26(30)11-8-16-33-24-14-12-23(32-5)13-15-24/h7,9-10,12-15,17,20,25H,6,8,11,16,18-19H2,1-5H3,(H,28,31). The molecule has 180 valence electrons. The maximum Gasteiger partial charge on any atom is 0.242 e. The van der Waals surface area contributed by atoms with Gasteiger partial charge < -0.3 is 19.7 Å². The van der Waals surface area contributed by atoms with E-state index >= 15 is 0 Å². The molecule has 6 heteroatoms. The third-order valence-corrected chi connectivity index (χ3v) is 5.37. The van der Waals surface area contributed by atoms with Crippen molar-refractivity contribution < 1.29 is 19.1 Å². The molecule has 0 radical (unpaired) electrons. The summed E-state index contributed by atoms with van der Waals surface area (Å²) in [5.74, 6) is 1.72. The van der Waals surface area contributed by atoms with E-state index in [0.717, 1.165) is 22.6 Å². The molecule has 0 heterocycles. The van der Waals surface area contributed by atoms with Crippen LogP contribution in [0.4, 0.5) is 0 Å². The van der Waals surface area contributed by atoms with Crippen molar-refractivity contribution in [3.05, 3.63) is 59.7 Å². The maximum absolute atomic E-state index is 13.2. The molecule has 1 N–H and O–H groups in total. The van der Waals surface area contributed by atoms with Gasteiger partial charge in [-0.1, -0.05) is 50.6 Å². The molecule has 2 rings (SSSR count). The van der Waals surface area contributed by atoms with Crippen molar-refractivity contribution in [3.63, 3.8) is 0 Å². The Morgan fingerprint density at radius 1 is 1.06 bits per heavy atom. The van der Waals surface area contributed by atoms with Crippen molar-refractivity contribution in [2.75, 3.05) is 20.3 Å². The lowest BCUT2D eigenvalue weighted by Crippen LogP contribution is -2.49. The van der Waals surface area contributed by atoms with Crippen LogP contribution >= 0.6 is 0 Å². The molecule has 0 saturated carbocycles. The summed E-state index contributed by atoms with van der Waals surface area (Å²) in [6.07, 6.45) is 1.44. The molecular formula is C27H38N2O4. The van der Waals surface area contributed by atoms with E-state index in [-0.39, 0.29) is 11.8 Å². The summed E-state index contributed by atoms with van der Waals surface area (Å²) in [5, 5.41) is 3.00. The topological polar surface area (TPSA) is 67.9 Å². The molecule has 1 atom stereocenters. The fraction of sp³-hybridized carbons (Fsp3) is 0.481. The first-order chi connectivity index (χ1) is 15.8. The molecule has 0 aromatic heterocycles. The number of carbonyl (C=O) groups is 2. The maximum atomic E-state index is 13.2. The summed E-state index contributed by atoms with van der Waals surface area (Å²) in [6, 6.07) is 14.9. The van der Waals surface area contributed by atoms with Crippen LogP contribution < -0.4 is 14.8 Å². The zero-order valence-corrected chi connectivity index (χ0v) is 20.6. The second kappa shape index (κ2) is 13.5. The Bertz CT molecular complexity index is 880. The molecule has 6 nitrogen and oxygen atoms in total. The first kappa shape index (κ1) is 26.2. The van der Waals surface area contributed by atoms with Gasteiger partial charge in [0.2, 0.25) is 11.8 Å². The van der Waals surface area contributed by atoms with Gasteiger partial charge in [0.1, 0.15) is 17.5 Å².